The fraction of sp³-hybridized carbons (Fsp3) is 1.00. The van der Waals surface area contributed by atoms with E-state index in [4.69, 9.17) is 5.73 Å². The monoisotopic (exact) mass is 238 g/mol. The minimum atomic E-state index is 0.460. The number of hydrogen-bond acceptors (Lipinski definition) is 2. The highest BCUT2D eigenvalue weighted by molar-refractivity contribution is 4.84. The maximum atomic E-state index is 6.35. The third-order valence-electron chi connectivity index (χ3n) is 4.93. The predicted molar refractivity (Wildman–Crippen MR) is 74.0 cm³/mol. The Morgan fingerprint density at radius 3 is 2.59 bits per heavy atom. The van der Waals surface area contributed by atoms with Crippen LogP contribution < -0.4 is 5.73 Å². The van der Waals surface area contributed by atoms with E-state index in [2.05, 4.69) is 18.7 Å². The third-order valence-corrected chi connectivity index (χ3v) is 4.93. The molecule has 1 saturated carbocycles. The standard InChI is InChI=1S/C15H30N2/c1-12-8-9-13(2)17(10-12)11-14-6-4-3-5-7-15(14)16/h12-15H,3-11,16H2,1-2H3. The van der Waals surface area contributed by atoms with Gasteiger partial charge in [0.1, 0.15) is 0 Å². The van der Waals surface area contributed by atoms with Gasteiger partial charge in [-0.25, -0.2) is 0 Å². The summed E-state index contributed by atoms with van der Waals surface area (Å²) in [5.41, 5.74) is 6.35. The van der Waals surface area contributed by atoms with Gasteiger partial charge in [0.25, 0.3) is 0 Å². The minimum Gasteiger partial charge on any atom is -0.327 e. The molecule has 0 aromatic heterocycles. The van der Waals surface area contributed by atoms with Gasteiger partial charge in [-0.1, -0.05) is 26.2 Å². The van der Waals surface area contributed by atoms with E-state index in [-0.39, 0.29) is 0 Å². The Hall–Kier alpha value is -0.0800. The van der Waals surface area contributed by atoms with Gasteiger partial charge in [0.05, 0.1) is 0 Å². The lowest BCUT2D eigenvalue weighted by Crippen LogP contribution is -2.46. The minimum absolute atomic E-state index is 0.460. The Morgan fingerprint density at radius 1 is 1.00 bits per heavy atom. The van der Waals surface area contributed by atoms with Gasteiger partial charge in [0, 0.05) is 25.2 Å². The molecular formula is C15H30N2. The molecule has 0 bridgehead atoms. The Labute approximate surface area is 107 Å². The second-order valence-electron chi connectivity index (χ2n) is 6.55. The summed E-state index contributed by atoms with van der Waals surface area (Å²) in [7, 11) is 0. The second kappa shape index (κ2) is 6.19. The van der Waals surface area contributed by atoms with Crippen LogP contribution in [0.4, 0.5) is 0 Å². The quantitative estimate of drug-likeness (QED) is 0.749. The van der Waals surface area contributed by atoms with Crippen LogP contribution in [0, 0.1) is 11.8 Å². The fourth-order valence-corrected chi connectivity index (χ4v) is 3.58. The van der Waals surface area contributed by atoms with Crippen molar-refractivity contribution in [1.82, 2.24) is 4.90 Å². The highest BCUT2D eigenvalue weighted by atomic mass is 15.2. The Morgan fingerprint density at radius 2 is 1.76 bits per heavy atom. The molecule has 0 aromatic carbocycles. The molecule has 2 rings (SSSR count). The number of rotatable bonds is 2. The van der Waals surface area contributed by atoms with E-state index in [9.17, 15) is 0 Å². The van der Waals surface area contributed by atoms with Crippen molar-refractivity contribution in [3.05, 3.63) is 0 Å². The summed E-state index contributed by atoms with van der Waals surface area (Å²) < 4.78 is 0. The molecule has 4 atom stereocenters. The van der Waals surface area contributed by atoms with Gasteiger partial charge in [0.15, 0.2) is 0 Å². The van der Waals surface area contributed by atoms with Gasteiger partial charge in [-0.3, -0.25) is 0 Å². The van der Waals surface area contributed by atoms with Crippen molar-refractivity contribution in [2.24, 2.45) is 17.6 Å². The first-order valence-electron chi connectivity index (χ1n) is 7.66. The zero-order valence-electron chi connectivity index (χ0n) is 11.7. The summed E-state index contributed by atoms with van der Waals surface area (Å²) in [5.74, 6) is 1.64. The Bertz CT molecular complexity index is 229. The number of hydrogen-bond donors (Lipinski definition) is 1. The Kier molecular flexibility index (Phi) is 4.87. The first-order valence-corrected chi connectivity index (χ1v) is 7.66. The molecule has 17 heavy (non-hydrogen) atoms. The lowest BCUT2D eigenvalue weighted by atomic mass is 9.90. The van der Waals surface area contributed by atoms with Crippen molar-refractivity contribution in [3.63, 3.8) is 0 Å². The molecule has 0 radical (unpaired) electrons. The zero-order chi connectivity index (χ0) is 12.3. The van der Waals surface area contributed by atoms with Crippen LogP contribution in [0.15, 0.2) is 0 Å². The highest BCUT2D eigenvalue weighted by Crippen LogP contribution is 2.27. The summed E-state index contributed by atoms with van der Waals surface area (Å²) in [6.45, 7) is 7.34. The van der Waals surface area contributed by atoms with E-state index in [1.165, 1.54) is 58.0 Å². The molecule has 1 aliphatic carbocycles. The van der Waals surface area contributed by atoms with Crippen LogP contribution >= 0.6 is 0 Å². The van der Waals surface area contributed by atoms with Crippen molar-refractivity contribution in [2.45, 2.75) is 70.9 Å². The van der Waals surface area contributed by atoms with E-state index in [1.54, 1.807) is 0 Å². The second-order valence-corrected chi connectivity index (χ2v) is 6.55. The molecule has 0 amide bonds. The van der Waals surface area contributed by atoms with Crippen LogP contribution in [0.5, 0.6) is 0 Å². The molecule has 0 aromatic rings. The molecule has 0 spiro atoms. The summed E-state index contributed by atoms with van der Waals surface area (Å²) in [5, 5.41) is 0. The summed E-state index contributed by atoms with van der Waals surface area (Å²) in [6.07, 6.45) is 9.55. The van der Waals surface area contributed by atoms with Gasteiger partial charge in [0.2, 0.25) is 0 Å². The van der Waals surface area contributed by atoms with Crippen LogP contribution in [-0.2, 0) is 0 Å². The smallest absolute Gasteiger partial charge is 0.00793 e. The van der Waals surface area contributed by atoms with Crippen molar-refractivity contribution in [2.75, 3.05) is 13.1 Å². The van der Waals surface area contributed by atoms with Crippen LogP contribution in [0.1, 0.15) is 58.8 Å². The first kappa shape index (κ1) is 13.4. The van der Waals surface area contributed by atoms with Crippen molar-refractivity contribution in [3.8, 4) is 0 Å². The molecule has 2 fully saturated rings. The van der Waals surface area contributed by atoms with Crippen LogP contribution in [0.2, 0.25) is 0 Å². The topological polar surface area (TPSA) is 29.3 Å². The molecule has 1 heterocycles. The van der Waals surface area contributed by atoms with E-state index < -0.39 is 0 Å². The molecule has 4 unspecified atom stereocenters. The van der Waals surface area contributed by atoms with E-state index in [0.717, 1.165) is 17.9 Å². The predicted octanol–water partition coefficient (Wildman–Crippen LogP) is 3.01. The average molecular weight is 238 g/mol. The number of nitrogens with two attached hydrogens (primary N) is 1. The molecule has 2 heteroatoms. The first-order chi connectivity index (χ1) is 8.16. The van der Waals surface area contributed by atoms with Gasteiger partial charge in [-0.2, -0.15) is 0 Å². The molecular weight excluding hydrogens is 208 g/mol. The Balaban J connectivity index is 1.89. The molecule has 2 N–H and O–H groups in total. The van der Waals surface area contributed by atoms with Gasteiger partial charge in [-0.15, -0.1) is 0 Å². The van der Waals surface area contributed by atoms with Crippen molar-refractivity contribution < 1.29 is 0 Å². The van der Waals surface area contributed by atoms with Crippen molar-refractivity contribution in [1.29, 1.82) is 0 Å². The van der Waals surface area contributed by atoms with Crippen LogP contribution in [-0.4, -0.2) is 30.1 Å². The van der Waals surface area contributed by atoms with Crippen molar-refractivity contribution >= 4 is 0 Å². The fourth-order valence-electron chi connectivity index (χ4n) is 3.58. The van der Waals surface area contributed by atoms with Gasteiger partial charge in [-0.05, 0) is 44.4 Å². The summed E-state index contributed by atoms with van der Waals surface area (Å²) >= 11 is 0. The molecule has 1 saturated heterocycles. The number of piperidine rings is 1. The highest BCUT2D eigenvalue weighted by Gasteiger charge is 2.28. The largest absolute Gasteiger partial charge is 0.327 e. The van der Waals surface area contributed by atoms with Crippen LogP contribution in [0.25, 0.3) is 0 Å². The lowest BCUT2D eigenvalue weighted by Gasteiger charge is -2.39. The number of nitrogens with zero attached hydrogens (tertiary/aromatic N) is 1. The third kappa shape index (κ3) is 3.69. The normalized spacial score (nSPS) is 41.1. The molecule has 1 aliphatic heterocycles. The van der Waals surface area contributed by atoms with E-state index in [0.29, 0.717) is 6.04 Å². The van der Waals surface area contributed by atoms with Crippen LogP contribution in [0.3, 0.4) is 0 Å². The number of likely N-dealkylation sites (tertiary alicyclic amines) is 1. The van der Waals surface area contributed by atoms with E-state index >= 15 is 0 Å². The summed E-state index contributed by atoms with van der Waals surface area (Å²) in [6, 6.07) is 1.24. The SMILES string of the molecule is CC1CCC(C)N(CC2CCCCCC2N)C1. The van der Waals surface area contributed by atoms with Gasteiger partial charge >= 0.3 is 0 Å². The van der Waals surface area contributed by atoms with E-state index in [1.807, 2.05) is 0 Å². The zero-order valence-corrected chi connectivity index (χ0v) is 11.7. The molecule has 100 valence electrons. The lowest BCUT2D eigenvalue weighted by molar-refractivity contribution is 0.0969. The maximum Gasteiger partial charge on any atom is 0.00793 e. The molecule has 2 nitrogen and oxygen atoms in total. The summed E-state index contributed by atoms with van der Waals surface area (Å²) in [4.78, 5) is 2.71. The molecule has 2 aliphatic rings. The van der Waals surface area contributed by atoms with Gasteiger partial charge < -0.3 is 10.6 Å². The maximum absolute atomic E-state index is 6.35. The average Bonchev–Trinajstić information content (AvgIpc) is 2.50.